The van der Waals surface area contributed by atoms with Crippen LogP contribution in [0.3, 0.4) is 0 Å². The molecule has 3 N–H and O–H groups in total. The first-order chi connectivity index (χ1) is 22.1. The summed E-state index contributed by atoms with van der Waals surface area (Å²) >= 11 is 0. The molecule has 0 bridgehead atoms. The standard InChI is InChI=1S/C29H27F6N7O5/c1-15-10-11-18-17(14-15)22(39-23(37-18)24(43)41-13-12-16-6-2-4-8-20(16)41)38-19-7-3-5-9-21(19)42(47-26(45)29(33,34)35)27(36)40-46-25(44)28(30,31)32/h2,4,6,8,10-11,14,19,21H,3,5,7,9,12-13H2,1H3,(H2,36,40)(H,37,38,39). The Bertz CT molecular complexity index is 1730. The van der Waals surface area contributed by atoms with E-state index in [1.165, 1.54) is 4.90 Å². The van der Waals surface area contributed by atoms with E-state index < -0.39 is 48.2 Å². The minimum Gasteiger partial charge on any atom is -0.365 e. The Morgan fingerprint density at radius 1 is 1.00 bits per heavy atom. The van der Waals surface area contributed by atoms with Crippen LogP contribution >= 0.6 is 0 Å². The number of anilines is 2. The van der Waals surface area contributed by atoms with Gasteiger partial charge in [0.2, 0.25) is 5.82 Å². The quantitative estimate of drug-likeness (QED) is 0.131. The van der Waals surface area contributed by atoms with Crippen LogP contribution in [-0.4, -0.2) is 69.8 Å². The number of amides is 1. The molecule has 2 aromatic carbocycles. The van der Waals surface area contributed by atoms with Crippen LogP contribution in [0.1, 0.15) is 47.4 Å². The number of carbonyl (C=O) groups excluding carboxylic acids is 3. The Balaban J connectivity index is 1.51. The minimum atomic E-state index is -5.53. The van der Waals surface area contributed by atoms with Gasteiger partial charge in [0.15, 0.2) is 0 Å². The van der Waals surface area contributed by atoms with Crippen molar-refractivity contribution in [2.24, 2.45) is 10.9 Å². The van der Waals surface area contributed by atoms with Gasteiger partial charge in [-0.3, -0.25) is 4.79 Å². The van der Waals surface area contributed by atoms with Crippen LogP contribution in [0, 0.1) is 6.92 Å². The molecule has 1 amide bonds. The summed E-state index contributed by atoms with van der Waals surface area (Å²) in [5, 5.41) is 6.53. The number of benzene rings is 2. The summed E-state index contributed by atoms with van der Waals surface area (Å²) in [6.07, 6.45) is -9.27. The van der Waals surface area contributed by atoms with Crippen molar-refractivity contribution in [2.45, 2.75) is 63.5 Å². The van der Waals surface area contributed by atoms with E-state index in [4.69, 9.17) is 5.73 Å². The SMILES string of the molecule is Cc1ccc2nc(C(=O)N3CCc4ccccc43)nc(NC3CCCCC3N(OC(=O)C(F)(F)F)/C(N)=N/OC(=O)C(F)(F)F)c2c1. The number of guanidine groups is 1. The molecule has 2 unspecified atom stereocenters. The third-order valence-electron chi connectivity index (χ3n) is 7.62. The van der Waals surface area contributed by atoms with Gasteiger partial charge in [-0.15, -0.1) is 0 Å². The molecule has 18 heteroatoms. The first kappa shape index (κ1) is 33.2. The summed E-state index contributed by atoms with van der Waals surface area (Å²) in [7, 11) is 0. The molecule has 250 valence electrons. The fourth-order valence-corrected chi connectivity index (χ4v) is 5.46. The molecule has 1 aliphatic heterocycles. The second-order valence-electron chi connectivity index (χ2n) is 10.9. The third-order valence-corrected chi connectivity index (χ3v) is 7.62. The highest BCUT2D eigenvalue weighted by atomic mass is 19.4. The van der Waals surface area contributed by atoms with E-state index in [9.17, 15) is 40.7 Å². The average Bonchev–Trinajstić information content (AvgIpc) is 3.45. The Morgan fingerprint density at radius 2 is 1.70 bits per heavy atom. The molecule has 2 aliphatic rings. The van der Waals surface area contributed by atoms with Gasteiger partial charge in [0.25, 0.3) is 11.9 Å². The summed E-state index contributed by atoms with van der Waals surface area (Å²) in [6.45, 7) is 2.18. The molecule has 0 radical (unpaired) electrons. The molecule has 1 fully saturated rings. The van der Waals surface area contributed by atoms with Crippen molar-refractivity contribution in [3.05, 3.63) is 59.4 Å². The lowest BCUT2D eigenvalue weighted by molar-refractivity contribution is -0.232. The molecule has 2 heterocycles. The predicted octanol–water partition coefficient (Wildman–Crippen LogP) is 4.52. The predicted molar refractivity (Wildman–Crippen MR) is 154 cm³/mol. The summed E-state index contributed by atoms with van der Waals surface area (Å²) in [6, 6.07) is 10.3. The lowest BCUT2D eigenvalue weighted by Crippen LogP contribution is -2.55. The zero-order valence-corrected chi connectivity index (χ0v) is 24.6. The van der Waals surface area contributed by atoms with E-state index in [1.54, 1.807) is 37.3 Å². The number of rotatable bonds is 5. The summed E-state index contributed by atoms with van der Waals surface area (Å²) in [5.41, 5.74) is 8.49. The number of nitrogens with one attached hydrogen (secondary N) is 1. The van der Waals surface area contributed by atoms with E-state index in [-0.39, 0.29) is 29.5 Å². The van der Waals surface area contributed by atoms with E-state index in [1.807, 2.05) is 12.1 Å². The van der Waals surface area contributed by atoms with Gasteiger partial charge in [-0.2, -0.15) is 31.4 Å². The van der Waals surface area contributed by atoms with E-state index in [0.29, 0.717) is 42.4 Å². The molecule has 0 saturated heterocycles. The molecule has 3 aromatic rings. The highest BCUT2D eigenvalue weighted by Crippen LogP contribution is 2.32. The zero-order valence-electron chi connectivity index (χ0n) is 24.6. The topological polar surface area (TPSA) is 152 Å². The van der Waals surface area contributed by atoms with E-state index in [0.717, 1.165) is 11.1 Å². The molecule has 12 nitrogen and oxygen atoms in total. The number of para-hydroxylation sites is 1. The molecular formula is C29H27F6N7O5. The Labute approximate surface area is 262 Å². The number of carbonyl (C=O) groups is 3. The smallest absolute Gasteiger partial charge is 0.365 e. The molecule has 2 atom stereocenters. The van der Waals surface area contributed by atoms with Gasteiger partial charge in [0.1, 0.15) is 5.82 Å². The number of hydroxylamine groups is 2. The maximum absolute atomic E-state index is 13.7. The van der Waals surface area contributed by atoms with Crippen LogP contribution in [0.15, 0.2) is 47.6 Å². The third kappa shape index (κ3) is 7.30. The summed E-state index contributed by atoms with van der Waals surface area (Å²) in [5.74, 6) is -7.36. The van der Waals surface area contributed by atoms with Gasteiger partial charge in [-0.1, -0.05) is 42.7 Å². The number of halogens is 6. The average molecular weight is 668 g/mol. The normalized spacial score (nSPS) is 18.4. The second-order valence-corrected chi connectivity index (χ2v) is 10.9. The number of fused-ring (bicyclic) bond motifs is 2. The Hall–Kier alpha value is -5.16. The number of aromatic nitrogens is 2. The number of alkyl halides is 6. The van der Waals surface area contributed by atoms with Crippen LogP contribution < -0.4 is 16.0 Å². The maximum atomic E-state index is 13.7. The van der Waals surface area contributed by atoms with Crippen LogP contribution in [0.25, 0.3) is 10.9 Å². The first-order valence-electron chi connectivity index (χ1n) is 14.3. The molecule has 0 spiro atoms. The monoisotopic (exact) mass is 667 g/mol. The first-order valence-corrected chi connectivity index (χ1v) is 14.3. The summed E-state index contributed by atoms with van der Waals surface area (Å²) in [4.78, 5) is 55.5. The number of nitrogens with zero attached hydrogens (tertiary/aromatic N) is 5. The molecular weight excluding hydrogens is 640 g/mol. The molecule has 1 aromatic heterocycles. The molecule has 1 saturated carbocycles. The van der Waals surface area contributed by atoms with Crippen molar-refractivity contribution < 1.29 is 50.4 Å². The number of hydrogen-bond acceptors (Lipinski definition) is 9. The molecule has 47 heavy (non-hydrogen) atoms. The van der Waals surface area contributed by atoms with Crippen molar-refractivity contribution >= 4 is 46.2 Å². The van der Waals surface area contributed by atoms with Gasteiger partial charge in [-0.05, 0) is 55.1 Å². The van der Waals surface area contributed by atoms with Crippen molar-refractivity contribution in [2.75, 3.05) is 16.8 Å². The van der Waals surface area contributed by atoms with E-state index >= 15 is 0 Å². The fourth-order valence-electron chi connectivity index (χ4n) is 5.46. The number of oxime groups is 1. The Kier molecular flexibility index (Phi) is 9.13. The largest absolute Gasteiger partial charge is 0.493 e. The van der Waals surface area contributed by atoms with Gasteiger partial charge in [0.05, 0.1) is 17.6 Å². The van der Waals surface area contributed by atoms with Crippen LogP contribution in [0.5, 0.6) is 0 Å². The lowest BCUT2D eigenvalue weighted by atomic mass is 9.90. The zero-order chi connectivity index (χ0) is 34.1. The van der Waals surface area contributed by atoms with E-state index in [2.05, 4.69) is 30.1 Å². The molecule has 5 rings (SSSR count). The molecule has 1 aliphatic carbocycles. The lowest BCUT2D eigenvalue weighted by Gasteiger charge is -2.38. The number of aryl methyl sites for hydroxylation is 1. The van der Waals surface area contributed by atoms with Gasteiger partial charge in [-0.25, -0.2) is 19.6 Å². The number of nitrogens with two attached hydrogens (primary N) is 1. The maximum Gasteiger partial charge on any atom is 0.493 e. The number of hydrogen-bond donors (Lipinski definition) is 2. The minimum absolute atomic E-state index is 0.00460. The van der Waals surface area contributed by atoms with Crippen LogP contribution in [-0.2, 0) is 25.7 Å². The van der Waals surface area contributed by atoms with Crippen molar-refractivity contribution in [1.29, 1.82) is 0 Å². The van der Waals surface area contributed by atoms with Crippen LogP contribution in [0.2, 0.25) is 0 Å². The second kappa shape index (κ2) is 12.9. The van der Waals surface area contributed by atoms with Crippen molar-refractivity contribution in [1.82, 2.24) is 15.0 Å². The van der Waals surface area contributed by atoms with Crippen LogP contribution in [0.4, 0.5) is 37.8 Å². The van der Waals surface area contributed by atoms with Crippen molar-refractivity contribution in [3.8, 4) is 0 Å². The van der Waals surface area contributed by atoms with Gasteiger partial charge in [0, 0.05) is 17.6 Å². The van der Waals surface area contributed by atoms with Crippen molar-refractivity contribution in [3.63, 3.8) is 0 Å². The van der Waals surface area contributed by atoms with Gasteiger partial charge < -0.3 is 25.6 Å². The highest BCUT2D eigenvalue weighted by molar-refractivity contribution is 6.06. The fraction of sp³-hybridized carbons (Fsp3) is 0.379. The Morgan fingerprint density at radius 3 is 2.43 bits per heavy atom. The highest BCUT2D eigenvalue weighted by Gasteiger charge is 2.46. The van der Waals surface area contributed by atoms with Gasteiger partial charge >= 0.3 is 24.3 Å². The summed E-state index contributed by atoms with van der Waals surface area (Å²) < 4.78 is 77.7.